The summed E-state index contributed by atoms with van der Waals surface area (Å²) in [5, 5.41) is 8.59. The molecular weight excluding hydrogens is 198 g/mol. The quantitative estimate of drug-likeness (QED) is 0.729. The van der Waals surface area contributed by atoms with Crippen molar-refractivity contribution in [1.82, 2.24) is 0 Å². The molecule has 16 heavy (non-hydrogen) atoms. The first-order valence-corrected chi connectivity index (χ1v) is 6.62. The van der Waals surface area contributed by atoms with Crippen LogP contribution in [0.2, 0.25) is 0 Å². The molecule has 4 fully saturated rings. The largest absolute Gasteiger partial charge is 0.299 e. The molecule has 0 N–H and O–H groups in total. The van der Waals surface area contributed by atoms with E-state index in [-0.39, 0.29) is 5.41 Å². The van der Waals surface area contributed by atoms with Gasteiger partial charge in [0.2, 0.25) is 0 Å². The lowest BCUT2D eigenvalue weighted by Crippen LogP contribution is -2.49. The minimum Gasteiger partial charge on any atom is -0.299 e. The third-order valence-electron chi connectivity index (χ3n) is 5.09. The standard InChI is InChI=1S/C14H19NO/c15-3-1-2-13(16)14-7-10-4-11(8-14)6-12(5-10)9-14/h10-12H,1-2,4-9H2. The first-order chi connectivity index (χ1) is 7.72. The normalized spacial score (nSPS) is 44.3. The van der Waals surface area contributed by atoms with Gasteiger partial charge in [0.05, 0.1) is 6.07 Å². The van der Waals surface area contributed by atoms with Gasteiger partial charge >= 0.3 is 0 Å². The van der Waals surface area contributed by atoms with E-state index in [1.807, 2.05) is 0 Å². The lowest BCUT2D eigenvalue weighted by atomic mass is 9.48. The molecule has 0 aromatic heterocycles. The number of nitriles is 1. The Hall–Kier alpha value is -0.840. The van der Waals surface area contributed by atoms with E-state index in [4.69, 9.17) is 5.26 Å². The van der Waals surface area contributed by atoms with Crippen LogP contribution in [0.25, 0.3) is 0 Å². The van der Waals surface area contributed by atoms with Gasteiger partial charge in [0.1, 0.15) is 5.78 Å². The van der Waals surface area contributed by atoms with Crippen molar-refractivity contribution < 1.29 is 4.79 Å². The van der Waals surface area contributed by atoms with Crippen molar-refractivity contribution in [3.05, 3.63) is 0 Å². The summed E-state index contributed by atoms with van der Waals surface area (Å²) < 4.78 is 0. The molecule has 4 saturated carbocycles. The monoisotopic (exact) mass is 217 g/mol. The molecule has 0 unspecified atom stereocenters. The van der Waals surface area contributed by atoms with Crippen LogP contribution >= 0.6 is 0 Å². The number of Topliss-reactive ketones (excluding diaryl/α,β-unsaturated/α-hetero) is 1. The molecule has 4 rings (SSSR count). The van der Waals surface area contributed by atoms with Gasteiger partial charge in [-0.05, 0) is 56.3 Å². The molecule has 2 nitrogen and oxygen atoms in total. The molecule has 0 aromatic rings. The molecule has 86 valence electrons. The lowest BCUT2D eigenvalue weighted by Gasteiger charge is -2.56. The predicted octanol–water partition coefficient (Wildman–Crippen LogP) is 3.08. The summed E-state index contributed by atoms with van der Waals surface area (Å²) in [6.07, 6.45) is 8.49. The molecular formula is C14H19NO. The first-order valence-electron chi connectivity index (χ1n) is 6.62. The second-order valence-electron chi connectivity index (χ2n) is 6.28. The highest BCUT2D eigenvalue weighted by atomic mass is 16.1. The summed E-state index contributed by atoms with van der Waals surface area (Å²) in [7, 11) is 0. The molecule has 2 heteroatoms. The molecule has 4 bridgehead atoms. The van der Waals surface area contributed by atoms with Gasteiger partial charge in [0, 0.05) is 18.3 Å². The molecule has 0 heterocycles. The SMILES string of the molecule is N#CCCC(=O)C12CC3CC(CC(C3)C1)C2. The van der Waals surface area contributed by atoms with Crippen LogP contribution in [0.1, 0.15) is 51.4 Å². The van der Waals surface area contributed by atoms with E-state index in [0.29, 0.717) is 18.6 Å². The van der Waals surface area contributed by atoms with E-state index < -0.39 is 0 Å². The second kappa shape index (κ2) is 3.58. The molecule has 0 amide bonds. The topological polar surface area (TPSA) is 40.9 Å². The molecule has 0 aliphatic heterocycles. The molecule has 0 radical (unpaired) electrons. The fraction of sp³-hybridized carbons (Fsp3) is 0.857. The zero-order valence-electron chi connectivity index (χ0n) is 9.74. The molecule has 0 spiro atoms. The minimum absolute atomic E-state index is 0.0194. The van der Waals surface area contributed by atoms with E-state index in [1.165, 1.54) is 19.3 Å². The van der Waals surface area contributed by atoms with Gasteiger partial charge in [-0.3, -0.25) is 4.79 Å². The third-order valence-corrected chi connectivity index (χ3v) is 5.09. The Morgan fingerprint density at radius 2 is 1.62 bits per heavy atom. The smallest absolute Gasteiger partial charge is 0.140 e. The molecule has 4 aliphatic carbocycles. The Morgan fingerprint density at radius 3 is 2.06 bits per heavy atom. The average molecular weight is 217 g/mol. The van der Waals surface area contributed by atoms with Crippen LogP contribution in [0, 0.1) is 34.5 Å². The number of hydrogen-bond donors (Lipinski definition) is 0. The number of carbonyl (C=O) groups is 1. The van der Waals surface area contributed by atoms with Gasteiger partial charge in [-0.25, -0.2) is 0 Å². The van der Waals surface area contributed by atoms with E-state index in [0.717, 1.165) is 37.0 Å². The molecule has 4 aliphatic rings. The third kappa shape index (κ3) is 1.49. The highest BCUT2D eigenvalue weighted by Gasteiger charge is 2.53. The zero-order chi connectivity index (χ0) is 11.2. The van der Waals surface area contributed by atoms with Gasteiger partial charge in [0.25, 0.3) is 0 Å². The van der Waals surface area contributed by atoms with Crippen molar-refractivity contribution in [2.75, 3.05) is 0 Å². The van der Waals surface area contributed by atoms with Crippen molar-refractivity contribution >= 4 is 5.78 Å². The maximum atomic E-state index is 12.3. The minimum atomic E-state index is 0.0194. The molecule has 0 aromatic carbocycles. The van der Waals surface area contributed by atoms with Crippen LogP contribution in [0.15, 0.2) is 0 Å². The number of nitrogens with zero attached hydrogens (tertiary/aromatic N) is 1. The summed E-state index contributed by atoms with van der Waals surface area (Å²) in [5.74, 6) is 2.90. The van der Waals surface area contributed by atoms with Crippen molar-refractivity contribution in [2.45, 2.75) is 51.4 Å². The second-order valence-corrected chi connectivity index (χ2v) is 6.28. The fourth-order valence-electron chi connectivity index (χ4n) is 4.89. The van der Waals surface area contributed by atoms with Gasteiger partial charge in [-0.15, -0.1) is 0 Å². The van der Waals surface area contributed by atoms with Crippen molar-refractivity contribution in [2.24, 2.45) is 23.2 Å². The predicted molar refractivity (Wildman–Crippen MR) is 60.5 cm³/mol. The van der Waals surface area contributed by atoms with Crippen molar-refractivity contribution in [3.8, 4) is 6.07 Å². The van der Waals surface area contributed by atoms with Gasteiger partial charge in [0.15, 0.2) is 0 Å². The van der Waals surface area contributed by atoms with Crippen LogP contribution in [-0.4, -0.2) is 5.78 Å². The van der Waals surface area contributed by atoms with Crippen LogP contribution in [-0.2, 0) is 4.79 Å². The average Bonchev–Trinajstić information content (AvgIpc) is 2.24. The first kappa shape index (κ1) is 10.3. The molecule has 0 saturated heterocycles. The Morgan fingerprint density at radius 1 is 1.12 bits per heavy atom. The van der Waals surface area contributed by atoms with Gasteiger partial charge < -0.3 is 0 Å². The maximum Gasteiger partial charge on any atom is 0.140 e. The zero-order valence-corrected chi connectivity index (χ0v) is 9.74. The summed E-state index contributed by atoms with van der Waals surface area (Å²) >= 11 is 0. The molecule has 0 atom stereocenters. The van der Waals surface area contributed by atoms with Crippen LogP contribution in [0.5, 0.6) is 0 Å². The van der Waals surface area contributed by atoms with Crippen molar-refractivity contribution in [3.63, 3.8) is 0 Å². The summed E-state index contributed by atoms with van der Waals surface area (Å²) in [4.78, 5) is 12.3. The Balaban J connectivity index is 1.78. The lowest BCUT2D eigenvalue weighted by molar-refractivity contribution is -0.143. The summed E-state index contributed by atoms with van der Waals surface area (Å²) in [6, 6.07) is 2.11. The van der Waals surface area contributed by atoms with Crippen LogP contribution in [0.3, 0.4) is 0 Å². The van der Waals surface area contributed by atoms with Gasteiger partial charge in [-0.1, -0.05) is 0 Å². The highest BCUT2D eigenvalue weighted by Crippen LogP contribution is 2.60. The Bertz CT molecular complexity index is 317. The van der Waals surface area contributed by atoms with Crippen LogP contribution < -0.4 is 0 Å². The Labute approximate surface area is 97.0 Å². The number of hydrogen-bond acceptors (Lipinski definition) is 2. The highest BCUT2D eigenvalue weighted by molar-refractivity contribution is 5.85. The van der Waals surface area contributed by atoms with Gasteiger partial charge in [-0.2, -0.15) is 5.26 Å². The number of ketones is 1. The van der Waals surface area contributed by atoms with Crippen molar-refractivity contribution in [1.29, 1.82) is 5.26 Å². The Kier molecular flexibility index (Phi) is 2.31. The summed E-state index contributed by atoms with van der Waals surface area (Å²) in [5.41, 5.74) is 0.0194. The van der Waals surface area contributed by atoms with E-state index in [2.05, 4.69) is 6.07 Å². The number of carbonyl (C=O) groups excluding carboxylic acids is 1. The fourth-order valence-corrected chi connectivity index (χ4v) is 4.89. The van der Waals surface area contributed by atoms with Crippen LogP contribution in [0.4, 0.5) is 0 Å². The van der Waals surface area contributed by atoms with E-state index >= 15 is 0 Å². The number of rotatable bonds is 3. The van der Waals surface area contributed by atoms with E-state index in [1.54, 1.807) is 0 Å². The maximum absolute atomic E-state index is 12.3. The van der Waals surface area contributed by atoms with E-state index in [9.17, 15) is 4.79 Å². The summed E-state index contributed by atoms with van der Waals surface area (Å²) in [6.45, 7) is 0.